The Morgan fingerprint density at radius 1 is 1.20 bits per heavy atom. The molecule has 0 radical (unpaired) electrons. The summed E-state index contributed by atoms with van der Waals surface area (Å²) in [5.41, 5.74) is 1.38. The molecule has 1 aliphatic rings. The summed E-state index contributed by atoms with van der Waals surface area (Å²) >= 11 is 3.41. The van der Waals surface area contributed by atoms with Crippen LogP contribution in [0.25, 0.3) is 0 Å². The molecular weight excluding hydrogens is 314 g/mol. The highest BCUT2D eigenvalue weighted by molar-refractivity contribution is 9.10. The van der Waals surface area contributed by atoms with E-state index >= 15 is 0 Å². The predicted octanol–water partition coefficient (Wildman–Crippen LogP) is 3.53. The average Bonchev–Trinajstić information content (AvgIpc) is 2.90. The highest BCUT2D eigenvalue weighted by atomic mass is 79.9. The molecule has 2 heterocycles. The molecule has 0 aliphatic carbocycles. The molecule has 1 unspecified atom stereocenters. The lowest BCUT2D eigenvalue weighted by Crippen LogP contribution is -2.26. The minimum Gasteiger partial charge on any atom is -0.366 e. The van der Waals surface area contributed by atoms with Crippen LogP contribution in [0.2, 0.25) is 0 Å². The minimum absolute atomic E-state index is 0.493. The van der Waals surface area contributed by atoms with Crippen molar-refractivity contribution >= 4 is 21.7 Å². The summed E-state index contributed by atoms with van der Waals surface area (Å²) in [5.74, 6) is 0.958. The van der Waals surface area contributed by atoms with Crippen LogP contribution in [0, 0.1) is 0 Å². The van der Waals surface area contributed by atoms with Gasteiger partial charge in [0.2, 0.25) is 0 Å². The molecule has 0 saturated carbocycles. The Balaban J connectivity index is 1.53. The topological polar surface area (TPSA) is 28.2 Å². The van der Waals surface area contributed by atoms with E-state index in [2.05, 4.69) is 61.5 Å². The molecule has 0 amide bonds. The second-order valence-corrected chi connectivity index (χ2v) is 6.13. The number of halogens is 1. The number of nitrogens with zero attached hydrogens (tertiary/aromatic N) is 2. The van der Waals surface area contributed by atoms with Crippen LogP contribution in [0.3, 0.4) is 0 Å². The molecule has 1 atom stereocenters. The Labute approximate surface area is 128 Å². The molecule has 1 aromatic carbocycles. The third-order valence-corrected chi connectivity index (χ3v) is 4.07. The van der Waals surface area contributed by atoms with Gasteiger partial charge < -0.3 is 5.32 Å². The van der Waals surface area contributed by atoms with Gasteiger partial charge in [0, 0.05) is 36.3 Å². The summed E-state index contributed by atoms with van der Waals surface area (Å²) in [5, 5.41) is 3.51. The third kappa shape index (κ3) is 3.58. The summed E-state index contributed by atoms with van der Waals surface area (Å²) in [6.45, 7) is 3.25. The first-order valence-corrected chi connectivity index (χ1v) is 7.73. The summed E-state index contributed by atoms with van der Waals surface area (Å²) < 4.78 is 1.01. The predicted molar refractivity (Wildman–Crippen MR) is 85.7 cm³/mol. The standard InChI is InChI=1S/C16H18BrN3/c17-14-6-7-16(18-10-14)19-15-8-9-20(12-15)11-13-4-2-1-3-5-13/h1-7,10,15H,8-9,11-12H2,(H,18,19). The monoisotopic (exact) mass is 331 g/mol. The van der Waals surface area contributed by atoms with Crippen LogP contribution >= 0.6 is 15.9 Å². The van der Waals surface area contributed by atoms with Crippen molar-refractivity contribution in [2.24, 2.45) is 0 Å². The van der Waals surface area contributed by atoms with Crippen molar-refractivity contribution < 1.29 is 0 Å². The molecular formula is C16H18BrN3. The fourth-order valence-corrected chi connectivity index (χ4v) is 2.84. The molecule has 3 nitrogen and oxygen atoms in total. The van der Waals surface area contributed by atoms with Gasteiger partial charge in [0.05, 0.1) is 0 Å². The lowest BCUT2D eigenvalue weighted by molar-refractivity contribution is 0.328. The molecule has 4 heteroatoms. The van der Waals surface area contributed by atoms with Gasteiger partial charge in [-0.15, -0.1) is 0 Å². The van der Waals surface area contributed by atoms with Crippen LogP contribution in [0.1, 0.15) is 12.0 Å². The lowest BCUT2D eigenvalue weighted by Gasteiger charge is -2.17. The molecule has 1 saturated heterocycles. The Bertz CT molecular complexity index is 541. The van der Waals surface area contributed by atoms with Gasteiger partial charge in [0.25, 0.3) is 0 Å². The zero-order valence-corrected chi connectivity index (χ0v) is 12.9. The van der Waals surface area contributed by atoms with Gasteiger partial charge in [-0.2, -0.15) is 0 Å². The lowest BCUT2D eigenvalue weighted by atomic mass is 10.2. The van der Waals surface area contributed by atoms with E-state index in [4.69, 9.17) is 0 Å². The van der Waals surface area contributed by atoms with Crippen molar-refractivity contribution in [3.05, 3.63) is 58.7 Å². The minimum atomic E-state index is 0.493. The summed E-state index contributed by atoms with van der Waals surface area (Å²) in [6, 6.07) is 15.2. The Morgan fingerprint density at radius 2 is 2.05 bits per heavy atom. The molecule has 1 aliphatic heterocycles. The van der Waals surface area contributed by atoms with Gasteiger partial charge in [0.15, 0.2) is 0 Å². The molecule has 20 heavy (non-hydrogen) atoms. The fourth-order valence-electron chi connectivity index (χ4n) is 2.61. The number of aromatic nitrogens is 1. The number of hydrogen-bond donors (Lipinski definition) is 1. The van der Waals surface area contributed by atoms with Gasteiger partial charge in [0.1, 0.15) is 5.82 Å². The maximum Gasteiger partial charge on any atom is 0.126 e. The Hall–Kier alpha value is -1.39. The quantitative estimate of drug-likeness (QED) is 0.928. The molecule has 1 fully saturated rings. The SMILES string of the molecule is Brc1ccc(NC2CCN(Cc3ccccc3)C2)nc1. The van der Waals surface area contributed by atoms with E-state index in [1.807, 2.05) is 18.3 Å². The number of anilines is 1. The van der Waals surface area contributed by atoms with Crippen LogP contribution in [-0.4, -0.2) is 29.0 Å². The van der Waals surface area contributed by atoms with E-state index in [0.717, 1.165) is 29.9 Å². The maximum absolute atomic E-state index is 4.37. The zero-order chi connectivity index (χ0) is 13.8. The normalized spacial score (nSPS) is 19.1. The number of pyridine rings is 1. The molecule has 3 rings (SSSR count). The van der Waals surface area contributed by atoms with Crippen LogP contribution < -0.4 is 5.32 Å². The van der Waals surface area contributed by atoms with E-state index in [9.17, 15) is 0 Å². The Morgan fingerprint density at radius 3 is 2.80 bits per heavy atom. The first-order valence-electron chi connectivity index (χ1n) is 6.94. The smallest absolute Gasteiger partial charge is 0.126 e. The van der Waals surface area contributed by atoms with E-state index in [0.29, 0.717) is 6.04 Å². The van der Waals surface area contributed by atoms with Crippen molar-refractivity contribution in [3.63, 3.8) is 0 Å². The summed E-state index contributed by atoms with van der Waals surface area (Å²) in [7, 11) is 0. The zero-order valence-electron chi connectivity index (χ0n) is 11.3. The van der Waals surface area contributed by atoms with Crippen molar-refractivity contribution in [3.8, 4) is 0 Å². The first kappa shape index (κ1) is 13.6. The summed E-state index contributed by atoms with van der Waals surface area (Å²) in [4.78, 5) is 6.87. The largest absolute Gasteiger partial charge is 0.366 e. The summed E-state index contributed by atoms with van der Waals surface area (Å²) in [6.07, 6.45) is 3.00. The molecule has 2 aromatic rings. The van der Waals surface area contributed by atoms with E-state index in [1.165, 1.54) is 12.0 Å². The van der Waals surface area contributed by atoms with Gasteiger partial charge in [-0.25, -0.2) is 4.98 Å². The number of rotatable bonds is 4. The number of hydrogen-bond acceptors (Lipinski definition) is 3. The first-order chi connectivity index (χ1) is 9.79. The van der Waals surface area contributed by atoms with Crippen molar-refractivity contribution in [1.82, 2.24) is 9.88 Å². The third-order valence-electron chi connectivity index (χ3n) is 3.60. The molecule has 1 N–H and O–H groups in total. The van der Waals surface area contributed by atoms with E-state index in [1.54, 1.807) is 0 Å². The highest BCUT2D eigenvalue weighted by Crippen LogP contribution is 2.18. The van der Waals surface area contributed by atoms with Crippen LogP contribution in [0.5, 0.6) is 0 Å². The molecule has 104 valence electrons. The van der Waals surface area contributed by atoms with Gasteiger partial charge in [-0.3, -0.25) is 4.90 Å². The van der Waals surface area contributed by atoms with Gasteiger partial charge in [-0.1, -0.05) is 30.3 Å². The van der Waals surface area contributed by atoms with Crippen molar-refractivity contribution in [2.45, 2.75) is 19.0 Å². The van der Waals surface area contributed by atoms with Gasteiger partial charge in [-0.05, 0) is 40.0 Å². The van der Waals surface area contributed by atoms with Crippen LogP contribution in [0.4, 0.5) is 5.82 Å². The molecule has 0 spiro atoms. The van der Waals surface area contributed by atoms with Crippen molar-refractivity contribution in [1.29, 1.82) is 0 Å². The van der Waals surface area contributed by atoms with Crippen molar-refractivity contribution in [2.75, 3.05) is 18.4 Å². The van der Waals surface area contributed by atoms with Crippen LogP contribution in [-0.2, 0) is 6.54 Å². The molecule has 0 bridgehead atoms. The van der Waals surface area contributed by atoms with Crippen LogP contribution in [0.15, 0.2) is 53.1 Å². The van der Waals surface area contributed by atoms with E-state index < -0.39 is 0 Å². The van der Waals surface area contributed by atoms with Gasteiger partial charge >= 0.3 is 0 Å². The number of nitrogens with one attached hydrogen (secondary N) is 1. The maximum atomic E-state index is 4.37. The Kier molecular flexibility index (Phi) is 4.33. The second kappa shape index (κ2) is 6.37. The number of likely N-dealkylation sites (tertiary alicyclic amines) is 1. The fraction of sp³-hybridized carbons (Fsp3) is 0.312. The molecule has 1 aromatic heterocycles. The average molecular weight is 332 g/mol. The second-order valence-electron chi connectivity index (χ2n) is 5.21. The van der Waals surface area contributed by atoms with E-state index in [-0.39, 0.29) is 0 Å². The highest BCUT2D eigenvalue weighted by Gasteiger charge is 2.22. The number of benzene rings is 1.